The summed E-state index contributed by atoms with van der Waals surface area (Å²) >= 11 is 0. The Bertz CT molecular complexity index is 329. The molecule has 0 spiro atoms. The lowest BCUT2D eigenvalue weighted by atomic mass is 10.1. The van der Waals surface area contributed by atoms with Crippen LogP contribution < -0.4 is 5.73 Å². The minimum absolute atomic E-state index is 0. The first-order valence-corrected chi connectivity index (χ1v) is 4.40. The standard InChI is InChI=1S/C10H12F3N.ClH/c1-6(14)2-3-7-4-5-8(11)10(13)9(7)12;/h4-6H,2-3,14H2,1H3;1H. The lowest BCUT2D eigenvalue weighted by molar-refractivity contribution is 0.439. The maximum absolute atomic E-state index is 13.1. The molecule has 0 fully saturated rings. The molecule has 1 aromatic rings. The van der Waals surface area contributed by atoms with E-state index < -0.39 is 17.5 Å². The van der Waals surface area contributed by atoms with Crippen LogP contribution in [0.15, 0.2) is 12.1 Å². The predicted molar refractivity (Wildman–Crippen MR) is 55.5 cm³/mol. The van der Waals surface area contributed by atoms with Crippen LogP contribution in [0, 0.1) is 17.5 Å². The fourth-order valence-electron chi connectivity index (χ4n) is 1.14. The van der Waals surface area contributed by atoms with E-state index in [-0.39, 0.29) is 24.0 Å². The second-order valence-corrected chi connectivity index (χ2v) is 3.35. The topological polar surface area (TPSA) is 26.0 Å². The third-order valence-corrected chi connectivity index (χ3v) is 1.98. The molecule has 0 amide bonds. The van der Waals surface area contributed by atoms with E-state index in [4.69, 9.17) is 5.73 Å². The highest BCUT2D eigenvalue weighted by molar-refractivity contribution is 5.85. The van der Waals surface area contributed by atoms with Crippen molar-refractivity contribution in [2.75, 3.05) is 0 Å². The van der Waals surface area contributed by atoms with Crippen LogP contribution in [-0.4, -0.2) is 6.04 Å². The zero-order valence-electron chi connectivity index (χ0n) is 8.27. The molecule has 0 aromatic heterocycles. The Morgan fingerprint density at radius 1 is 1.20 bits per heavy atom. The van der Waals surface area contributed by atoms with Gasteiger partial charge in [-0.25, -0.2) is 13.2 Å². The lowest BCUT2D eigenvalue weighted by Gasteiger charge is -2.06. The van der Waals surface area contributed by atoms with E-state index in [1.165, 1.54) is 6.07 Å². The molecule has 2 N–H and O–H groups in total. The fourth-order valence-corrected chi connectivity index (χ4v) is 1.14. The first-order chi connectivity index (χ1) is 6.52. The van der Waals surface area contributed by atoms with Crippen molar-refractivity contribution in [2.45, 2.75) is 25.8 Å². The predicted octanol–water partition coefficient (Wildman–Crippen LogP) is 2.81. The van der Waals surface area contributed by atoms with Crippen molar-refractivity contribution < 1.29 is 13.2 Å². The van der Waals surface area contributed by atoms with Gasteiger partial charge in [-0.2, -0.15) is 0 Å². The van der Waals surface area contributed by atoms with Crippen LogP contribution in [0.2, 0.25) is 0 Å². The van der Waals surface area contributed by atoms with Crippen LogP contribution in [0.4, 0.5) is 13.2 Å². The molecule has 15 heavy (non-hydrogen) atoms. The summed E-state index contributed by atoms with van der Waals surface area (Å²) in [5.41, 5.74) is 5.64. The first kappa shape index (κ1) is 14.3. The summed E-state index contributed by atoms with van der Waals surface area (Å²) in [6.45, 7) is 1.78. The largest absolute Gasteiger partial charge is 0.328 e. The summed E-state index contributed by atoms with van der Waals surface area (Å²) in [4.78, 5) is 0. The minimum atomic E-state index is -1.41. The van der Waals surface area contributed by atoms with Gasteiger partial charge in [-0.15, -0.1) is 12.4 Å². The van der Waals surface area contributed by atoms with Gasteiger partial charge in [0.1, 0.15) is 0 Å². The zero-order valence-corrected chi connectivity index (χ0v) is 9.08. The van der Waals surface area contributed by atoms with E-state index in [0.29, 0.717) is 12.8 Å². The molecule has 0 aliphatic carbocycles. The Labute approximate surface area is 92.9 Å². The molecule has 1 nitrogen and oxygen atoms in total. The molecular weight excluding hydrogens is 227 g/mol. The monoisotopic (exact) mass is 239 g/mol. The number of hydrogen-bond acceptors (Lipinski definition) is 1. The number of halogens is 4. The van der Waals surface area contributed by atoms with E-state index in [1.807, 2.05) is 0 Å². The molecule has 1 atom stereocenters. The van der Waals surface area contributed by atoms with E-state index in [0.717, 1.165) is 6.07 Å². The third kappa shape index (κ3) is 3.72. The number of nitrogens with two attached hydrogens (primary N) is 1. The zero-order chi connectivity index (χ0) is 10.7. The maximum atomic E-state index is 13.1. The minimum Gasteiger partial charge on any atom is -0.328 e. The van der Waals surface area contributed by atoms with Gasteiger partial charge in [0, 0.05) is 6.04 Å². The highest BCUT2D eigenvalue weighted by Gasteiger charge is 2.12. The van der Waals surface area contributed by atoms with Crippen molar-refractivity contribution in [3.05, 3.63) is 35.1 Å². The lowest BCUT2D eigenvalue weighted by Crippen LogP contribution is -2.15. The summed E-state index contributed by atoms with van der Waals surface area (Å²) in [6.07, 6.45) is 0.864. The highest BCUT2D eigenvalue weighted by atomic mass is 35.5. The van der Waals surface area contributed by atoms with E-state index in [1.54, 1.807) is 6.92 Å². The molecule has 0 saturated heterocycles. The van der Waals surface area contributed by atoms with Gasteiger partial charge in [-0.3, -0.25) is 0 Å². The molecule has 0 aliphatic rings. The molecule has 1 unspecified atom stereocenters. The molecule has 0 saturated carbocycles. The second kappa shape index (κ2) is 5.98. The van der Waals surface area contributed by atoms with Crippen LogP contribution in [0.5, 0.6) is 0 Å². The van der Waals surface area contributed by atoms with Crippen molar-refractivity contribution in [1.29, 1.82) is 0 Å². The normalized spacial score (nSPS) is 12.1. The van der Waals surface area contributed by atoms with Crippen LogP contribution in [-0.2, 0) is 6.42 Å². The molecule has 0 aliphatic heterocycles. The van der Waals surface area contributed by atoms with Crippen molar-refractivity contribution in [1.82, 2.24) is 0 Å². The van der Waals surface area contributed by atoms with Gasteiger partial charge in [-0.05, 0) is 31.4 Å². The van der Waals surface area contributed by atoms with Gasteiger partial charge < -0.3 is 5.73 Å². The van der Waals surface area contributed by atoms with Crippen molar-refractivity contribution in [2.24, 2.45) is 5.73 Å². The van der Waals surface area contributed by atoms with Gasteiger partial charge >= 0.3 is 0 Å². The van der Waals surface area contributed by atoms with Gasteiger partial charge in [-0.1, -0.05) is 6.07 Å². The fraction of sp³-hybridized carbons (Fsp3) is 0.400. The second-order valence-electron chi connectivity index (χ2n) is 3.35. The van der Waals surface area contributed by atoms with Crippen LogP contribution in [0.1, 0.15) is 18.9 Å². The Hall–Kier alpha value is -0.740. The summed E-state index contributed by atoms with van der Waals surface area (Å²) in [5.74, 6) is -3.68. The average molecular weight is 240 g/mol. The molecule has 86 valence electrons. The number of rotatable bonds is 3. The summed E-state index contributed by atoms with van der Waals surface area (Å²) in [6, 6.07) is 2.09. The molecule has 1 rings (SSSR count). The summed E-state index contributed by atoms with van der Waals surface area (Å²) in [5, 5.41) is 0. The smallest absolute Gasteiger partial charge is 0.194 e. The maximum Gasteiger partial charge on any atom is 0.194 e. The SMILES string of the molecule is CC(N)CCc1ccc(F)c(F)c1F.Cl. The highest BCUT2D eigenvalue weighted by Crippen LogP contribution is 2.16. The van der Waals surface area contributed by atoms with Crippen molar-refractivity contribution >= 4 is 12.4 Å². The Morgan fingerprint density at radius 2 is 1.80 bits per heavy atom. The quantitative estimate of drug-likeness (QED) is 0.807. The van der Waals surface area contributed by atoms with Crippen molar-refractivity contribution in [3.8, 4) is 0 Å². The molecule has 1 aromatic carbocycles. The van der Waals surface area contributed by atoms with E-state index in [9.17, 15) is 13.2 Å². The van der Waals surface area contributed by atoms with Gasteiger partial charge in [0.15, 0.2) is 17.5 Å². The Balaban J connectivity index is 0.00000196. The molecule has 5 heteroatoms. The van der Waals surface area contributed by atoms with Gasteiger partial charge in [0.25, 0.3) is 0 Å². The number of aryl methyl sites for hydroxylation is 1. The molecule has 0 bridgehead atoms. The van der Waals surface area contributed by atoms with E-state index in [2.05, 4.69) is 0 Å². The molecule has 0 heterocycles. The average Bonchev–Trinajstić information content (AvgIpc) is 2.13. The van der Waals surface area contributed by atoms with Crippen LogP contribution in [0.25, 0.3) is 0 Å². The number of hydrogen-bond donors (Lipinski definition) is 1. The third-order valence-electron chi connectivity index (χ3n) is 1.98. The van der Waals surface area contributed by atoms with Gasteiger partial charge in [0.05, 0.1) is 0 Å². The Kier molecular flexibility index (Phi) is 5.68. The van der Waals surface area contributed by atoms with Crippen LogP contribution in [0.3, 0.4) is 0 Å². The van der Waals surface area contributed by atoms with E-state index >= 15 is 0 Å². The molecule has 0 radical (unpaired) electrons. The first-order valence-electron chi connectivity index (χ1n) is 4.40. The summed E-state index contributed by atoms with van der Waals surface area (Å²) in [7, 11) is 0. The molecular formula is C10H13ClF3N. The Morgan fingerprint density at radius 3 is 2.33 bits per heavy atom. The van der Waals surface area contributed by atoms with Crippen LogP contribution >= 0.6 is 12.4 Å². The number of benzene rings is 1. The summed E-state index contributed by atoms with van der Waals surface area (Å²) < 4.78 is 38.3. The van der Waals surface area contributed by atoms with Gasteiger partial charge in [0.2, 0.25) is 0 Å². The van der Waals surface area contributed by atoms with Crippen molar-refractivity contribution in [3.63, 3.8) is 0 Å².